The maximum atomic E-state index is 10.4. The number of primary sulfonamides is 1. The van der Waals surface area contributed by atoms with Crippen LogP contribution in [-0.2, 0) is 15.9 Å². The lowest BCUT2D eigenvalue weighted by atomic mass is 11.2. The van der Waals surface area contributed by atoms with E-state index in [9.17, 15) is 8.42 Å². The van der Waals surface area contributed by atoms with Crippen LogP contribution in [0.25, 0.3) is 0 Å². The Bertz CT molecular complexity index is 287. The molecule has 1 heterocycles. The van der Waals surface area contributed by atoms with E-state index in [1.807, 2.05) is 0 Å². The summed E-state index contributed by atoms with van der Waals surface area (Å²) >= 11 is 0. The molecule has 0 bridgehead atoms. The lowest BCUT2D eigenvalue weighted by Gasteiger charge is -1.92. The highest BCUT2D eigenvalue weighted by molar-refractivity contribution is 7.88. The van der Waals surface area contributed by atoms with Crippen molar-refractivity contribution in [3.05, 3.63) is 6.33 Å². The van der Waals surface area contributed by atoms with E-state index in [1.165, 1.54) is 6.33 Å². The molecule has 10 heavy (non-hydrogen) atoms. The van der Waals surface area contributed by atoms with E-state index in [0.29, 0.717) is 0 Å². The summed E-state index contributed by atoms with van der Waals surface area (Å²) in [7, 11) is -3.53. The van der Waals surface area contributed by atoms with Crippen molar-refractivity contribution >= 4 is 10.0 Å². The van der Waals surface area contributed by atoms with Crippen LogP contribution in [0, 0.1) is 0 Å². The van der Waals surface area contributed by atoms with Gasteiger partial charge in [0.05, 0.1) is 0 Å². The van der Waals surface area contributed by atoms with Gasteiger partial charge in [0, 0.05) is 0 Å². The maximum absolute atomic E-state index is 10.4. The number of hydrogen-bond acceptors (Lipinski definition) is 5. The number of rotatable bonds is 2. The van der Waals surface area contributed by atoms with Crippen molar-refractivity contribution in [2.75, 3.05) is 0 Å². The highest BCUT2D eigenvalue weighted by Gasteiger charge is 2.03. The lowest BCUT2D eigenvalue weighted by molar-refractivity contribution is 0.572. The van der Waals surface area contributed by atoms with E-state index in [2.05, 4.69) is 20.7 Å². The molecule has 1 rings (SSSR count). The third-order valence-electron chi connectivity index (χ3n) is 0.704. The summed E-state index contributed by atoms with van der Waals surface area (Å²) in [6.07, 6.45) is 1.17. The Kier molecular flexibility index (Phi) is 1.64. The van der Waals surface area contributed by atoms with Crippen LogP contribution >= 0.6 is 0 Å². The first kappa shape index (κ1) is 7.09. The van der Waals surface area contributed by atoms with Crippen molar-refractivity contribution in [2.24, 2.45) is 5.14 Å². The Morgan fingerprint density at radius 3 is 2.70 bits per heavy atom. The van der Waals surface area contributed by atoms with Crippen LogP contribution in [0.2, 0.25) is 0 Å². The Labute approximate surface area is 56.9 Å². The molecule has 1 aromatic rings. The molecule has 0 atom stereocenters. The first-order chi connectivity index (χ1) is 4.58. The van der Waals surface area contributed by atoms with E-state index >= 15 is 0 Å². The highest BCUT2D eigenvalue weighted by Crippen LogP contribution is 1.82. The van der Waals surface area contributed by atoms with Crippen LogP contribution in [0.15, 0.2) is 6.33 Å². The van der Waals surface area contributed by atoms with Crippen molar-refractivity contribution in [3.8, 4) is 0 Å². The molecule has 0 aromatic carbocycles. The number of tetrazole rings is 1. The van der Waals surface area contributed by atoms with Crippen molar-refractivity contribution in [2.45, 2.75) is 5.88 Å². The minimum absolute atomic E-state index is 0.389. The van der Waals surface area contributed by atoms with Gasteiger partial charge in [0.1, 0.15) is 6.33 Å². The van der Waals surface area contributed by atoms with Crippen LogP contribution in [0.3, 0.4) is 0 Å². The zero-order chi connectivity index (χ0) is 7.61. The quantitative estimate of drug-likeness (QED) is 0.538. The van der Waals surface area contributed by atoms with Crippen molar-refractivity contribution in [1.29, 1.82) is 0 Å². The predicted octanol–water partition coefficient (Wildman–Crippen LogP) is -2.08. The molecule has 7 nitrogen and oxygen atoms in total. The highest BCUT2D eigenvalue weighted by atomic mass is 32.2. The van der Waals surface area contributed by atoms with Crippen LogP contribution in [0.1, 0.15) is 0 Å². The van der Waals surface area contributed by atoms with Crippen LogP contribution in [0.4, 0.5) is 0 Å². The number of nitrogens with two attached hydrogens (primary N) is 1. The summed E-state index contributed by atoms with van der Waals surface area (Å²) in [5.74, 6) is -0.389. The van der Waals surface area contributed by atoms with Crippen molar-refractivity contribution < 1.29 is 8.42 Å². The van der Waals surface area contributed by atoms with Gasteiger partial charge in [0.2, 0.25) is 10.0 Å². The number of nitrogens with zero attached hydrogens (tertiary/aromatic N) is 4. The van der Waals surface area contributed by atoms with Gasteiger partial charge in [-0.3, -0.25) is 0 Å². The van der Waals surface area contributed by atoms with Gasteiger partial charge >= 0.3 is 0 Å². The van der Waals surface area contributed by atoms with Gasteiger partial charge in [0.15, 0.2) is 5.88 Å². The first-order valence-corrected chi connectivity index (χ1v) is 4.01. The van der Waals surface area contributed by atoms with Crippen molar-refractivity contribution in [1.82, 2.24) is 20.2 Å². The zero-order valence-corrected chi connectivity index (χ0v) is 5.69. The fourth-order valence-electron chi connectivity index (χ4n) is 0.424. The summed E-state index contributed by atoms with van der Waals surface area (Å²) in [5, 5.41) is 14.4. The average Bonchev–Trinajstić information content (AvgIpc) is 2.12. The Balaban J connectivity index is 2.75. The smallest absolute Gasteiger partial charge is 0.227 e. The third-order valence-corrected chi connectivity index (χ3v) is 1.33. The lowest BCUT2D eigenvalue weighted by Crippen LogP contribution is -2.19. The number of aromatic nitrogens is 4. The summed E-state index contributed by atoms with van der Waals surface area (Å²) in [6.45, 7) is 0. The molecule has 1 aromatic heterocycles. The molecular formula is C2H5N5O2S. The fraction of sp³-hybridized carbons (Fsp3) is 0.500. The Morgan fingerprint density at radius 2 is 2.30 bits per heavy atom. The molecule has 0 aliphatic carbocycles. The molecule has 56 valence electrons. The van der Waals surface area contributed by atoms with Crippen LogP contribution in [-0.4, -0.2) is 28.6 Å². The van der Waals surface area contributed by atoms with E-state index in [-0.39, 0.29) is 5.88 Å². The molecule has 0 spiro atoms. The van der Waals surface area contributed by atoms with E-state index in [4.69, 9.17) is 0 Å². The maximum Gasteiger partial charge on any atom is 0.229 e. The Hall–Kier alpha value is -1.02. The Morgan fingerprint density at radius 1 is 1.60 bits per heavy atom. The minimum Gasteiger partial charge on any atom is -0.227 e. The van der Waals surface area contributed by atoms with Gasteiger partial charge < -0.3 is 0 Å². The molecule has 0 unspecified atom stereocenters. The van der Waals surface area contributed by atoms with E-state index in [1.54, 1.807) is 0 Å². The average molecular weight is 163 g/mol. The third kappa shape index (κ3) is 2.07. The summed E-state index contributed by atoms with van der Waals surface area (Å²) in [6, 6.07) is 0. The second-order valence-corrected chi connectivity index (χ2v) is 3.23. The molecule has 0 amide bonds. The largest absolute Gasteiger partial charge is 0.229 e. The molecule has 0 saturated heterocycles. The number of sulfonamides is 1. The summed E-state index contributed by atoms with van der Waals surface area (Å²) < 4.78 is 21.7. The standard InChI is InChI=1S/C2H5N5O2S/c3-10(8,9)2-7-1-4-5-6-7/h1H,2H2,(H2,3,8,9). The van der Waals surface area contributed by atoms with Gasteiger partial charge in [0.25, 0.3) is 0 Å². The van der Waals surface area contributed by atoms with Gasteiger partial charge in [-0.15, -0.1) is 5.10 Å². The SMILES string of the molecule is NS(=O)(=O)Cn1cnnn1. The monoisotopic (exact) mass is 163 g/mol. The van der Waals surface area contributed by atoms with E-state index in [0.717, 1.165) is 4.68 Å². The molecule has 0 radical (unpaired) electrons. The molecule has 0 fully saturated rings. The topological polar surface area (TPSA) is 104 Å². The molecule has 2 N–H and O–H groups in total. The van der Waals surface area contributed by atoms with E-state index < -0.39 is 10.0 Å². The van der Waals surface area contributed by atoms with Gasteiger partial charge in [-0.1, -0.05) is 0 Å². The number of hydrogen-bond donors (Lipinski definition) is 1. The van der Waals surface area contributed by atoms with Gasteiger partial charge in [-0.25, -0.2) is 18.2 Å². The molecule has 0 aliphatic rings. The van der Waals surface area contributed by atoms with Gasteiger partial charge in [-0.05, 0) is 10.4 Å². The second-order valence-electron chi connectivity index (χ2n) is 1.64. The molecular weight excluding hydrogens is 158 g/mol. The normalized spacial score (nSPS) is 11.7. The summed E-state index contributed by atoms with van der Waals surface area (Å²) in [5.41, 5.74) is 0. The summed E-state index contributed by atoms with van der Waals surface area (Å²) in [4.78, 5) is 0. The fourth-order valence-corrected chi connectivity index (χ4v) is 0.911. The van der Waals surface area contributed by atoms with Crippen molar-refractivity contribution in [3.63, 3.8) is 0 Å². The zero-order valence-electron chi connectivity index (χ0n) is 4.88. The molecule has 0 aliphatic heterocycles. The predicted molar refractivity (Wildman–Crippen MR) is 30.9 cm³/mol. The molecule has 8 heteroatoms. The van der Waals surface area contributed by atoms with Gasteiger partial charge in [-0.2, -0.15) is 0 Å². The van der Waals surface area contributed by atoms with Crippen LogP contribution < -0.4 is 5.14 Å². The van der Waals surface area contributed by atoms with Crippen LogP contribution in [0.5, 0.6) is 0 Å². The minimum atomic E-state index is -3.53. The first-order valence-electron chi connectivity index (χ1n) is 2.29. The second kappa shape index (κ2) is 2.31. The molecule has 0 saturated carbocycles.